The molecule has 3 rings (SSSR count). The molecule has 3 N–H and O–H groups in total. The van der Waals surface area contributed by atoms with Crippen molar-refractivity contribution in [2.24, 2.45) is 14.1 Å². The number of hydrogen-bond donors (Lipinski definition) is 3. The van der Waals surface area contributed by atoms with Crippen LogP contribution in [0.3, 0.4) is 0 Å². The Labute approximate surface area is 141 Å². The average molecular weight is 340 g/mol. The van der Waals surface area contributed by atoms with Crippen LogP contribution in [0.4, 0.5) is 5.82 Å². The van der Waals surface area contributed by atoms with Gasteiger partial charge >= 0.3 is 11.4 Å². The summed E-state index contributed by atoms with van der Waals surface area (Å²) in [5.41, 5.74) is 0.546. The Hall–Kier alpha value is -3.54. The Balaban J connectivity index is 2.07. The Bertz CT molecular complexity index is 1190. The van der Waals surface area contributed by atoms with E-state index >= 15 is 0 Å². The molecule has 0 saturated heterocycles. The lowest BCUT2D eigenvalue weighted by Crippen LogP contribution is -2.40. The van der Waals surface area contributed by atoms with Crippen LogP contribution in [-0.2, 0) is 14.1 Å². The van der Waals surface area contributed by atoms with E-state index in [4.69, 9.17) is 0 Å². The number of rotatable bonds is 3. The highest BCUT2D eigenvalue weighted by Gasteiger charge is 2.18. The summed E-state index contributed by atoms with van der Waals surface area (Å²) in [4.78, 5) is 40.9. The number of aromatic amines is 2. The van der Waals surface area contributed by atoms with Gasteiger partial charge in [0.05, 0.1) is 17.1 Å². The molecule has 2 aromatic heterocycles. The molecule has 0 fully saturated rings. The third-order valence-electron chi connectivity index (χ3n) is 4.17. The topological polar surface area (TPSA) is 128 Å². The van der Waals surface area contributed by atoms with E-state index in [1.165, 1.54) is 18.7 Å². The number of nitrogens with zero attached hydrogens (tertiary/aromatic N) is 3. The van der Waals surface area contributed by atoms with Gasteiger partial charge in [-0.1, -0.05) is 6.07 Å². The smallest absolute Gasteiger partial charge is 0.332 e. The Morgan fingerprint density at radius 2 is 1.80 bits per heavy atom. The highest BCUT2D eigenvalue weighted by Crippen LogP contribution is 2.21. The minimum atomic E-state index is -0.647. The second-order valence-electron chi connectivity index (χ2n) is 5.79. The number of benzene rings is 1. The maximum atomic E-state index is 12.1. The zero-order valence-corrected chi connectivity index (χ0v) is 13.9. The average Bonchev–Trinajstić information content (AvgIpc) is 2.97. The molecule has 0 aliphatic carbocycles. The summed E-state index contributed by atoms with van der Waals surface area (Å²) in [6, 6.07) is 6.90. The highest BCUT2D eigenvalue weighted by atomic mass is 16.2. The largest absolute Gasteiger partial charge is 0.364 e. The standard InChI is InChI=1S/C16H16N6O3/c1-8(9-4-5-11-12(6-9)20-15(24)19-11)18-13-10(7-17)14(23)22(3)16(25)21(13)2/h4-6,8,18H,1-3H3,(H2,19,20,24). The molecule has 1 aromatic carbocycles. The molecule has 0 aliphatic heterocycles. The lowest BCUT2D eigenvalue weighted by molar-refractivity contribution is 0.678. The van der Waals surface area contributed by atoms with E-state index < -0.39 is 11.2 Å². The van der Waals surface area contributed by atoms with Gasteiger partial charge in [-0.25, -0.2) is 9.59 Å². The minimum Gasteiger partial charge on any atom is -0.364 e. The van der Waals surface area contributed by atoms with Gasteiger partial charge in [-0.3, -0.25) is 13.9 Å². The van der Waals surface area contributed by atoms with Crippen LogP contribution >= 0.6 is 0 Å². The number of imidazole rings is 1. The third-order valence-corrected chi connectivity index (χ3v) is 4.17. The lowest BCUT2D eigenvalue weighted by Gasteiger charge is -2.19. The molecule has 3 aromatic rings. The Morgan fingerprint density at radius 1 is 1.12 bits per heavy atom. The summed E-state index contributed by atoms with van der Waals surface area (Å²) < 4.78 is 2.12. The van der Waals surface area contributed by atoms with Crippen molar-refractivity contribution in [2.45, 2.75) is 13.0 Å². The molecule has 0 bridgehead atoms. The normalized spacial score (nSPS) is 12.1. The van der Waals surface area contributed by atoms with Crippen LogP contribution in [0.5, 0.6) is 0 Å². The van der Waals surface area contributed by atoms with E-state index in [9.17, 15) is 19.6 Å². The number of hydrogen-bond acceptors (Lipinski definition) is 5. The zero-order chi connectivity index (χ0) is 18.3. The molecule has 0 spiro atoms. The van der Waals surface area contributed by atoms with Crippen LogP contribution < -0.4 is 22.3 Å². The van der Waals surface area contributed by atoms with Crippen LogP contribution in [0, 0.1) is 11.3 Å². The molecule has 9 heteroatoms. The van der Waals surface area contributed by atoms with E-state index in [0.717, 1.165) is 10.1 Å². The van der Waals surface area contributed by atoms with Crippen LogP contribution in [0.1, 0.15) is 24.1 Å². The van der Waals surface area contributed by atoms with Crippen molar-refractivity contribution in [3.8, 4) is 6.07 Å². The maximum Gasteiger partial charge on any atom is 0.332 e. The first-order valence-electron chi connectivity index (χ1n) is 7.52. The monoisotopic (exact) mass is 340 g/mol. The quantitative estimate of drug-likeness (QED) is 0.631. The maximum absolute atomic E-state index is 12.1. The van der Waals surface area contributed by atoms with Crippen molar-refractivity contribution < 1.29 is 0 Å². The number of nitriles is 1. The summed E-state index contributed by atoms with van der Waals surface area (Å²) in [5.74, 6) is 0.158. The Morgan fingerprint density at radius 3 is 2.48 bits per heavy atom. The van der Waals surface area contributed by atoms with Crippen molar-refractivity contribution in [1.82, 2.24) is 19.1 Å². The van der Waals surface area contributed by atoms with Gasteiger partial charge in [0, 0.05) is 14.1 Å². The first kappa shape index (κ1) is 16.3. The molecule has 0 radical (unpaired) electrons. The van der Waals surface area contributed by atoms with Gasteiger partial charge in [0.1, 0.15) is 11.9 Å². The van der Waals surface area contributed by atoms with Gasteiger partial charge in [-0.15, -0.1) is 0 Å². The molecule has 0 aliphatic rings. The second kappa shape index (κ2) is 5.83. The Kier molecular flexibility index (Phi) is 3.81. The summed E-state index contributed by atoms with van der Waals surface area (Å²) in [5, 5.41) is 12.4. The molecular formula is C16H16N6O3. The highest BCUT2D eigenvalue weighted by molar-refractivity contribution is 5.75. The van der Waals surface area contributed by atoms with Gasteiger partial charge in [-0.2, -0.15) is 5.26 Å². The fourth-order valence-corrected chi connectivity index (χ4v) is 2.72. The molecule has 128 valence electrons. The van der Waals surface area contributed by atoms with E-state index in [2.05, 4.69) is 15.3 Å². The predicted octanol–water partition coefficient (Wildman–Crippen LogP) is 0.298. The molecule has 0 amide bonds. The van der Waals surface area contributed by atoms with Crippen LogP contribution in [0.15, 0.2) is 32.6 Å². The van der Waals surface area contributed by atoms with E-state index in [1.54, 1.807) is 12.1 Å². The molecule has 9 nitrogen and oxygen atoms in total. The van der Waals surface area contributed by atoms with Crippen molar-refractivity contribution in [3.05, 3.63) is 60.6 Å². The summed E-state index contributed by atoms with van der Waals surface area (Å²) >= 11 is 0. The fraction of sp³-hybridized carbons (Fsp3) is 0.250. The molecule has 1 atom stereocenters. The SMILES string of the molecule is CC(Nc1c(C#N)c(=O)n(C)c(=O)n1C)c1ccc2[nH]c(=O)[nH]c2c1. The van der Waals surface area contributed by atoms with Crippen LogP contribution in [0.25, 0.3) is 11.0 Å². The first-order valence-corrected chi connectivity index (χ1v) is 7.52. The minimum absolute atomic E-state index is 0.132. The number of H-pyrrole nitrogens is 2. The lowest BCUT2D eigenvalue weighted by atomic mass is 10.1. The third kappa shape index (κ3) is 2.63. The first-order chi connectivity index (χ1) is 11.8. The van der Waals surface area contributed by atoms with Gasteiger partial charge in [0.2, 0.25) is 0 Å². The number of fused-ring (bicyclic) bond motifs is 1. The summed E-state index contributed by atoms with van der Waals surface area (Å²) in [7, 11) is 2.82. The van der Waals surface area contributed by atoms with Gasteiger partial charge in [0.25, 0.3) is 5.56 Å². The fourth-order valence-electron chi connectivity index (χ4n) is 2.72. The van der Waals surface area contributed by atoms with Crippen LogP contribution in [-0.4, -0.2) is 19.1 Å². The van der Waals surface area contributed by atoms with Crippen molar-refractivity contribution in [3.63, 3.8) is 0 Å². The van der Waals surface area contributed by atoms with Gasteiger partial charge in [-0.05, 0) is 24.6 Å². The van der Waals surface area contributed by atoms with Crippen molar-refractivity contribution in [2.75, 3.05) is 5.32 Å². The van der Waals surface area contributed by atoms with Crippen molar-refractivity contribution >= 4 is 16.9 Å². The number of anilines is 1. The van der Waals surface area contributed by atoms with Gasteiger partial charge < -0.3 is 15.3 Å². The molecular weight excluding hydrogens is 324 g/mol. The predicted molar refractivity (Wildman–Crippen MR) is 92.6 cm³/mol. The molecule has 1 unspecified atom stereocenters. The zero-order valence-electron chi connectivity index (χ0n) is 13.9. The summed E-state index contributed by atoms with van der Waals surface area (Å²) in [6.07, 6.45) is 0. The van der Waals surface area contributed by atoms with Crippen LogP contribution in [0.2, 0.25) is 0 Å². The van der Waals surface area contributed by atoms with Crippen molar-refractivity contribution in [1.29, 1.82) is 5.26 Å². The molecule has 2 heterocycles. The number of nitrogens with one attached hydrogen (secondary N) is 3. The molecule has 0 saturated carbocycles. The van der Waals surface area contributed by atoms with E-state index in [-0.39, 0.29) is 23.1 Å². The van der Waals surface area contributed by atoms with E-state index in [0.29, 0.717) is 11.0 Å². The summed E-state index contributed by atoms with van der Waals surface area (Å²) in [6.45, 7) is 1.83. The van der Waals surface area contributed by atoms with Gasteiger partial charge in [0.15, 0.2) is 5.56 Å². The number of aromatic nitrogens is 4. The second-order valence-corrected chi connectivity index (χ2v) is 5.79. The van der Waals surface area contributed by atoms with E-state index in [1.807, 2.05) is 19.1 Å². The molecule has 25 heavy (non-hydrogen) atoms.